The zero-order valence-electron chi connectivity index (χ0n) is 11.2. The highest BCUT2D eigenvalue weighted by molar-refractivity contribution is 5.58. The van der Waals surface area contributed by atoms with Crippen molar-refractivity contribution in [3.63, 3.8) is 0 Å². The summed E-state index contributed by atoms with van der Waals surface area (Å²) in [4.78, 5) is 16.0. The highest BCUT2D eigenvalue weighted by Gasteiger charge is 2.29. The zero-order valence-corrected chi connectivity index (χ0v) is 11.2. The molecule has 0 aromatic carbocycles. The van der Waals surface area contributed by atoms with Gasteiger partial charge in [0, 0.05) is 37.6 Å². The maximum absolute atomic E-state index is 11.1. The average molecular weight is 226 g/mol. The van der Waals surface area contributed by atoms with E-state index in [1.165, 1.54) is 0 Å². The second-order valence-corrected chi connectivity index (χ2v) is 5.34. The first-order valence-corrected chi connectivity index (χ1v) is 6.47. The summed E-state index contributed by atoms with van der Waals surface area (Å²) in [5, 5.41) is 0. The molecule has 1 aliphatic heterocycles. The molecule has 2 unspecified atom stereocenters. The smallest absolute Gasteiger partial charge is 0.127 e. The van der Waals surface area contributed by atoms with Crippen LogP contribution in [0.5, 0.6) is 0 Å². The molecule has 1 rings (SSSR count). The minimum atomic E-state index is -0.159. The van der Waals surface area contributed by atoms with Crippen molar-refractivity contribution in [2.75, 3.05) is 32.7 Å². The topological polar surface area (TPSA) is 23.6 Å². The van der Waals surface area contributed by atoms with Crippen molar-refractivity contribution in [3.8, 4) is 0 Å². The van der Waals surface area contributed by atoms with E-state index in [1.807, 2.05) is 0 Å². The molecule has 0 aromatic rings. The molecular formula is C13H26N2O. The van der Waals surface area contributed by atoms with Gasteiger partial charge in [-0.15, -0.1) is 0 Å². The van der Waals surface area contributed by atoms with Crippen LogP contribution in [0.1, 0.15) is 34.1 Å². The zero-order chi connectivity index (χ0) is 12.2. The second-order valence-electron chi connectivity index (χ2n) is 5.34. The number of rotatable bonds is 5. The Morgan fingerprint density at radius 1 is 1.38 bits per heavy atom. The van der Waals surface area contributed by atoms with Gasteiger partial charge in [0.25, 0.3) is 0 Å². The van der Waals surface area contributed by atoms with Gasteiger partial charge in [-0.25, -0.2) is 0 Å². The van der Waals surface area contributed by atoms with Gasteiger partial charge in [0.05, 0.1) is 0 Å². The van der Waals surface area contributed by atoms with E-state index in [0.717, 1.165) is 45.4 Å². The summed E-state index contributed by atoms with van der Waals surface area (Å²) in [5.74, 6) is 0. The number of nitrogens with zero attached hydrogens (tertiary/aromatic N) is 2. The highest BCUT2D eigenvalue weighted by Crippen LogP contribution is 2.21. The molecule has 1 heterocycles. The predicted octanol–water partition coefficient (Wildman–Crippen LogP) is 1.63. The number of hydrogen-bond acceptors (Lipinski definition) is 3. The van der Waals surface area contributed by atoms with Gasteiger partial charge in [-0.1, -0.05) is 20.8 Å². The lowest BCUT2D eigenvalue weighted by Crippen LogP contribution is -2.53. The molecule has 0 amide bonds. The van der Waals surface area contributed by atoms with Gasteiger partial charge in [0.1, 0.15) is 6.29 Å². The first-order valence-electron chi connectivity index (χ1n) is 6.47. The lowest BCUT2D eigenvalue weighted by Gasteiger charge is -2.41. The minimum Gasteiger partial charge on any atom is -0.303 e. The van der Waals surface area contributed by atoms with Crippen molar-refractivity contribution in [2.24, 2.45) is 5.41 Å². The van der Waals surface area contributed by atoms with Crippen LogP contribution in [-0.4, -0.2) is 54.9 Å². The molecule has 0 aliphatic carbocycles. The molecule has 3 heteroatoms. The fourth-order valence-corrected chi connectivity index (χ4v) is 2.43. The van der Waals surface area contributed by atoms with Gasteiger partial charge >= 0.3 is 0 Å². The lowest BCUT2D eigenvalue weighted by molar-refractivity contribution is -0.117. The van der Waals surface area contributed by atoms with Gasteiger partial charge in [0.2, 0.25) is 0 Å². The van der Waals surface area contributed by atoms with E-state index in [0.29, 0.717) is 6.04 Å². The largest absolute Gasteiger partial charge is 0.303 e. The lowest BCUT2D eigenvalue weighted by atomic mass is 9.88. The molecule has 0 spiro atoms. The number of carbonyl (C=O) groups is 1. The van der Waals surface area contributed by atoms with E-state index in [2.05, 4.69) is 37.5 Å². The summed E-state index contributed by atoms with van der Waals surface area (Å²) < 4.78 is 0. The predicted molar refractivity (Wildman–Crippen MR) is 67.6 cm³/mol. The van der Waals surface area contributed by atoms with Crippen molar-refractivity contribution in [1.29, 1.82) is 0 Å². The number of carbonyl (C=O) groups excluding carboxylic acids is 1. The Morgan fingerprint density at radius 3 is 2.50 bits per heavy atom. The Bertz CT molecular complexity index is 232. The van der Waals surface area contributed by atoms with Crippen LogP contribution in [-0.2, 0) is 4.79 Å². The highest BCUT2D eigenvalue weighted by atomic mass is 16.1. The summed E-state index contributed by atoms with van der Waals surface area (Å²) in [6.07, 6.45) is 2.06. The molecule has 2 atom stereocenters. The van der Waals surface area contributed by atoms with E-state index in [9.17, 15) is 4.79 Å². The van der Waals surface area contributed by atoms with Crippen molar-refractivity contribution >= 4 is 6.29 Å². The van der Waals surface area contributed by atoms with Crippen molar-refractivity contribution in [1.82, 2.24) is 9.80 Å². The molecule has 94 valence electrons. The van der Waals surface area contributed by atoms with E-state index < -0.39 is 0 Å². The SMILES string of the molecule is CCN1CCN(CC(C)(C=O)CC)CC1C. The van der Waals surface area contributed by atoms with Crippen LogP contribution in [0.4, 0.5) is 0 Å². The third-order valence-corrected chi connectivity index (χ3v) is 3.93. The standard InChI is InChI=1S/C13H26N2O/c1-5-13(4,11-16)10-14-7-8-15(6-2)12(3)9-14/h11-12H,5-10H2,1-4H3. The number of piperazine rings is 1. The molecule has 1 aliphatic rings. The van der Waals surface area contributed by atoms with E-state index in [4.69, 9.17) is 0 Å². The molecule has 0 saturated carbocycles. The van der Waals surface area contributed by atoms with Gasteiger partial charge in [-0.2, -0.15) is 0 Å². The van der Waals surface area contributed by atoms with E-state index in [-0.39, 0.29) is 5.41 Å². The Balaban J connectivity index is 2.49. The maximum Gasteiger partial charge on any atom is 0.127 e. The number of aldehydes is 1. The normalized spacial score (nSPS) is 27.6. The van der Waals surface area contributed by atoms with Gasteiger partial charge in [-0.3, -0.25) is 9.80 Å². The van der Waals surface area contributed by atoms with Gasteiger partial charge in [-0.05, 0) is 19.9 Å². The van der Waals surface area contributed by atoms with Crippen LogP contribution in [0.25, 0.3) is 0 Å². The molecule has 0 radical (unpaired) electrons. The first-order chi connectivity index (χ1) is 7.54. The quantitative estimate of drug-likeness (QED) is 0.666. The molecule has 16 heavy (non-hydrogen) atoms. The Labute approximate surface area is 99.8 Å². The Kier molecular flexibility index (Phi) is 4.93. The third kappa shape index (κ3) is 3.29. The Morgan fingerprint density at radius 2 is 2.06 bits per heavy atom. The van der Waals surface area contributed by atoms with E-state index >= 15 is 0 Å². The molecule has 1 saturated heterocycles. The van der Waals surface area contributed by atoms with Gasteiger partial charge in [0.15, 0.2) is 0 Å². The van der Waals surface area contributed by atoms with Crippen LogP contribution in [0, 0.1) is 5.41 Å². The molecule has 3 nitrogen and oxygen atoms in total. The Hall–Kier alpha value is -0.410. The van der Waals surface area contributed by atoms with Crippen LogP contribution < -0.4 is 0 Å². The maximum atomic E-state index is 11.1. The average Bonchev–Trinajstić information content (AvgIpc) is 2.29. The molecule has 1 fully saturated rings. The second kappa shape index (κ2) is 5.78. The van der Waals surface area contributed by atoms with Crippen molar-refractivity contribution in [3.05, 3.63) is 0 Å². The van der Waals surface area contributed by atoms with Crippen molar-refractivity contribution < 1.29 is 4.79 Å². The number of hydrogen-bond donors (Lipinski definition) is 0. The summed E-state index contributed by atoms with van der Waals surface area (Å²) >= 11 is 0. The summed E-state index contributed by atoms with van der Waals surface area (Å²) in [6.45, 7) is 14.0. The van der Waals surface area contributed by atoms with Crippen molar-refractivity contribution in [2.45, 2.75) is 40.2 Å². The first kappa shape index (κ1) is 13.7. The van der Waals surface area contributed by atoms with E-state index in [1.54, 1.807) is 0 Å². The molecule has 0 bridgehead atoms. The molecule has 0 N–H and O–H groups in total. The monoisotopic (exact) mass is 226 g/mol. The van der Waals surface area contributed by atoms with Crippen LogP contribution in [0.3, 0.4) is 0 Å². The van der Waals surface area contributed by atoms with Crippen LogP contribution in [0.2, 0.25) is 0 Å². The number of likely N-dealkylation sites (N-methyl/N-ethyl adjacent to an activating group) is 1. The summed E-state index contributed by atoms with van der Waals surface area (Å²) in [5.41, 5.74) is -0.159. The van der Waals surface area contributed by atoms with Gasteiger partial charge < -0.3 is 4.79 Å². The fourth-order valence-electron chi connectivity index (χ4n) is 2.43. The fraction of sp³-hybridized carbons (Fsp3) is 0.923. The molecule has 0 aromatic heterocycles. The van der Waals surface area contributed by atoms with Crippen LogP contribution >= 0.6 is 0 Å². The third-order valence-electron chi connectivity index (χ3n) is 3.93. The minimum absolute atomic E-state index is 0.159. The summed E-state index contributed by atoms with van der Waals surface area (Å²) in [7, 11) is 0. The summed E-state index contributed by atoms with van der Waals surface area (Å²) in [6, 6.07) is 0.617. The van der Waals surface area contributed by atoms with Crippen LogP contribution in [0.15, 0.2) is 0 Å². The molecular weight excluding hydrogens is 200 g/mol.